The van der Waals surface area contributed by atoms with Crippen LogP contribution < -0.4 is 14.8 Å². The van der Waals surface area contributed by atoms with Crippen LogP contribution in [0.1, 0.15) is 24.1 Å². The number of amides is 1. The van der Waals surface area contributed by atoms with Crippen LogP contribution in [0.4, 0.5) is 4.79 Å². The van der Waals surface area contributed by atoms with E-state index >= 15 is 0 Å². The fraction of sp³-hybridized carbons (Fsp3) is 0.417. The average Bonchev–Trinajstić information content (AvgIpc) is 3.26. The summed E-state index contributed by atoms with van der Waals surface area (Å²) in [6.45, 7) is 2.62. The maximum absolute atomic E-state index is 12.7. The second-order valence-corrected chi connectivity index (χ2v) is 7.49. The van der Waals surface area contributed by atoms with Gasteiger partial charge in [0, 0.05) is 19.1 Å². The second kappa shape index (κ2) is 10.9. The van der Waals surface area contributed by atoms with Crippen molar-refractivity contribution in [3.8, 4) is 11.5 Å². The first-order valence-corrected chi connectivity index (χ1v) is 10.5. The number of likely N-dealkylation sites (tertiary alicyclic amines) is 1. The minimum Gasteiger partial charge on any atom is -0.497 e. The molecule has 1 N–H and O–H groups in total. The van der Waals surface area contributed by atoms with Gasteiger partial charge in [0.2, 0.25) is 0 Å². The third-order valence-electron chi connectivity index (χ3n) is 5.62. The number of rotatable bonds is 8. The number of hydrogen-bond acceptors (Lipinski definition) is 7. The summed E-state index contributed by atoms with van der Waals surface area (Å²) >= 11 is 0. The smallest absolute Gasteiger partial charge is 0.409 e. The van der Waals surface area contributed by atoms with Crippen LogP contribution in [-0.4, -0.2) is 64.0 Å². The minimum atomic E-state index is -0.506. The number of esters is 1. The molecule has 1 saturated heterocycles. The first-order valence-electron chi connectivity index (χ1n) is 10.5. The van der Waals surface area contributed by atoms with Crippen LogP contribution in [0.3, 0.4) is 0 Å². The van der Waals surface area contributed by atoms with Gasteiger partial charge in [0.1, 0.15) is 11.5 Å². The van der Waals surface area contributed by atoms with Gasteiger partial charge in [0.05, 0.1) is 39.9 Å². The van der Waals surface area contributed by atoms with Gasteiger partial charge in [-0.15, -0.1) is 0 Å². The summed E-state index contributed by atoms with van der Waals surface area (Å²) in [7, 11) is 4.58. The number of nitrogens with zero attached hydrogens (tertiary/aromatic N) is 1. The Hall–Kier alpha value is -3.26. The molecule has 0 radical (unpaired) electrons. The largest absolute Gasteiger partial charge is 0.497 e. The van der Waals surface area contributed by atoms with Crippen molar-refractivity contribution in [2.24, 2.45) is 5.92 Å². The molecule has 1 heterocycles. The molecule has 1 amide bonds. The summed E-state index contributed by atoms with van der Waals surface area (Å²) in [6, 6.07) is 14.9. The Bertz CT molecular complexity index is 852. The number of ether oxygens (including phenoxy) is 4. The number of carbonyl (C=O) groups excluding carboxylic acids is 2. The molecule has 2 aromatic carbocycles. The van der Waals surface area contributed by atoms with Crippen LogP contribution in [-0.2, 0) is 14.3 Å². The molecule has 8 nitrogen and oxygen atoms in total. The highest BCUT2D eigenvalue weighted by Crippen LogP contribution is 2.29. The van der Waals surface area contributed by atoms with E-state index in [1.807, 2.05) is 48.5 Å². The van der Waals surface area contributed by atoms with Crippen molar-refractivity contribution >= 4 is 12.1 Å². The van der Waals surface area contributed by atoms with Gasteiger partial charge in [-0.2, -0.15) is 0 Å². The van der Waals surface area contributed by atoms with Crippen LogP contribution in [0.15, 0.2) is 48.5 Å². The molecular formula is C24H30N2O6. The van der Waals surface area contributed by atoms with Gasteiger partial charge in [-0.05, 0) is 42.3 Å². The van der Waals surface area contributed by atoms with Gasteiger partial charge in [0.15, 0.2) is 0 Å². The van der Waals surface area contributed by atoms with E-state index in [0.717, 1.165) is 22.6 Å². The van der Waals surface area contributed by atoms with Crippen molar-refractivity contribution in [2.75, 3.05) is 41.0 Å². The molecule has 2 atom stereocenters. The Morgan fingerprint density at radius 2 is 1.47 bits per heavy atom. The highest BCUT2D eigenvalue weighted by molar-refractivity contribution is 5.76. The van der Waals surface area contributed by atoms with E-state index in [1.54, 1.807) is 21.1 Å². The number of nitrogens with one attached hydrogen (secondary N) is 1. The molecule has 0 aromatic heterocycles. The van der Waals surface area contributed by atoms with E-state index in [9.17, 15) is 9.59 Å². The van der Waals surface area contributed by atoms with Gasteiger partial charge < -0.3 is 29.2 Å². The van der Waals surface area contributed by atoms with E-state index in [2.05, 4.69) is 5.32 Å². The second-order valence-electron chi connectivity index (χ2n) is 7.49. The van der Waals surface area contributed by atoms with Gasteiger partial charge in [-0.1, -0.05) is 24.3 Å². The molecule has 3 rings (SSSR count). The third kappa shape index (κ3) is 5.31. The SMILES string of the molecule is CCOC(=O)C1CN(C(=O)OC)CC1NC(c1ccc(OC)cc1)c1ccc(OC)cc1. The number of benzene rings is 2. The molecule has 1 fully saturated rings. The Balaban J connectivity index is 1.93. The number of carbonyl (C=O) groups is 2. The standard InChI is InChI=1S/C24H30N2O6/c1-5-32-23(27)20-14-26(24(28)31-4)15-21(20)25-22(16-6-10-18(29-2)11-7-16)17-8-12-19(30-3)13-9-17/h6-13,20-22,25H,5,14-15H2,1-4H3. The first kappa shape index (κ1) is 23.4. The van der Waals surface area contributed by atoms with Gasteiger partial charge in [-0.25, -0.2) is 4.79 Å². The summed E-state index contributed by atoms with van der Waals surface area (Å²) in [5.41, 5.74) is 1.99. The summed E-state index contributed by atoms with van der Waals surface area (Å²) in [6.07, 6.45) is -0.464. The molecule has 1 aliphatic rings. The molecule has 2 unspecified atom stereocenters. The average molecular weight is 443 g/mol. The third-order valence-corrected chi connectivity index (χ3v) is 5.62. The van der Waals surface area contributed by atoms with Crippen molar-refractivity contribution < 1.29 is 28.5 Å². The zero-order valence-corrected chi connectivity index (χ0v) is 18.9. The summed E-state index contributed by atoms with van der Waals surface area (Å²) in [4.78, 5) is 26.3. The lowest BCUT2D eigenvalue weighted by Gasteiger charge is -2.27. The van der Waals surface area contributed by atoms with Crippen molar-refractivity contribution in [1.29, 1.82) is 0 Å². The van der Waals surface area contributed by atoms with E-state index < -0.39 is 12.0 Å². The zero-order valence-electron chi connectivity index (χ0n) is 18.9. The van der Waals surface area contributed by atoms with Crippen LogP contribution in [0.5, 0.6) is 11.5 Å². The van der Waals surface area contributed by atoms with Crippen LogP contribution >= 0.6 is 0 Å². The summed E-state index contributed by atoms with van der Waals surface area (Å²) < 4.78 is 20.7. The van der Waals surface area contributed by atoms with Gasteiger partial charge in [-0.3, -0.25) is 4.79 Å². The first-order chi connectivity index (χ1) is 15.5. The summed E-state index contributed by atoms with van der Waals surface area (Å²) in [5, 5.41) is 3.59. The zero-order chi connectivity index (χ0) is 23.1. The minimum absolute atomic E-state index is 0.230. The highest BCUT2D eigenvalue weighted by atomic mass is 16.5. The predicted molar refractivity (Wildman–Crippen MR) is 119 cm³/mol. The molecule has 32 heavy (non-hydrogen) atoms. The maximum atomic E-state index is 12.7. The molecule has 172 valence electrons. The molecule has 0 bridgehead atoms. The van der Waals surface area contributed by atoms with Crippen LogP contribution in [0, 0.1) is 5.92 Å². The Labute approximate surface area is 188 Å². The monoisotopic (exact) mass is 442 g/mol. The molecule has 0 saturated carbocycles. The quantitative estimate of drug-likeness (QED) is 0.629. The van der Waals surface area contributed by atoms with Crippen LogP contribution in [0.2, 0.25) is 0 Å². The highest BCUT2D eigenvalue weighted by Gasteiger charge is 2.42. The lowest BCUT2D eigenvalue weighted by molar-refractivity contribution is -0.148. The van der Waals surface area contributed by atoms with E-state index in [4.69, 9.17) is 18.9 Å². The molecule has 8 heteroatoms. The Kier molecular flexibility index (Phi) is 7.94. The van der Waals surface area contributed by atoms with E-state index in [1.165, 1.54) is 12.0 Å². The molecule has 0 spiro atoms. The molecule has 2 aromatic rings. The molecule has 1 aliphatic heterocycles. The van der Waals surface area contributed by atoms with Crippen molar-refractivity contribution in [1.82, 2.24) is 10.2 Å². The predicted octanol–water partition coefficient (Wildman–Crippen LogP) is 3.01. The summed E-state index contributed by atoms with van der Waals surface area (Å²) in [5.74, 6) is 0.668. The lowest BCUT2D eigenvalue weighted by Crippen LogP contribution is -2.42. The Morgan fingerprint density at radius 3 is 1.91 bits per heavy atom. The van der Waals surface area contributed by atoms with Crippen molar-refractivity contribution in [3.63, 3.8) is 0 Å². The normalized spacial score (nSPS) is 17.8. The maximum Gasteiger partial charge on any atom is 0.409 e. The molecule has 0 aliphatic carbocycles. The van der Waals surface area contributed by atoms with E-state index in [-0.39, 0.29) is 31.2 Å². The van der Waals surface area contributed by atoms with Crippen molar-refractivity contribution in [2.45, 2.75) is 19.0 Å². The molecular weight excluding hydrogens is 412 g/mol. The Morgan fingerprint density at radius 1 is 0.938 bits per heavy atom. The number of methoxy groups -OCH3 is 3. The lowest BCUT2D eigenvalue weighted by atomic mass is 9.95. The van der Waals surface area contributed by atoms with Crippen molar-refractivity contribution in [3.05, 3.63) is 59.7 Å². The number of hydrogen-bond donors (Lipinski definition) is 1. The fourth-order valence-corrected chi connectivity index (χ4v) is 3.93. The van der Waals surface area contributed by atoms with Gasteiger partial charge >= 0.3 is 12.1 Å². The fourth-order valence-electron chi connectivity index (χ4n) is 3.93. The van der Waals surface area contributed by atoms with E-state index in [0.29, 0.717) is 6.54 Å². The van der Waals surface area contributed by atoms with Crippen LogP contribution in [0.25, 0.3) is 0 Å². The van der Waals surface area contributed by atoms with Gasteiger partial charge in [0.25, 0.3) is 0 Å². The topological polar surface area (TPSA) is 86.3 Å².